The number of esters is 1. The van der Waals surface area contributed by atoms with Crippen LogP contribution in [0.4, 0.5) is 0 Å². The molecule has 0 saturated carbocycles. The van der Waals surface area contributed by atoms with Crippen LogP contribution in [0.15, 0.2) is 30.3 Å². The second-order valence-electron chi connectivity index (χ2n) is 5.56. The zero-order valence-electron chi connectivity index (χ0n) is 12.0. The Morgan fingerprint density at radius 3 is 2.80 bits per heavy atom. The van der Waals surface area contributed by atoms with Crippen molar-refractivity contribution in [3.8, 4) is 0 Å². The fourth-order valence-electron chi connectivity index (χ4n) is 2.55. The minimum atomic E-state index is -0.613. The molecule has 0 aromatic heterocycles. The van der Waals surface area contributed by atoms with Gasteiger partial charge in [0.2, 0.25) is 0 Å². The molecule has 4 atom stereocenters. The Morgan fingerprint density at radius 1 is 1.40 bits per heavy atom. The molecule has 1 heterocycles. The van der Waals surface area contributed by atoms with E-state index in [0.29, 0.717) is 13.2 Å². The van der Waals surface area contributed by atoms with Gasteiger partial charge in [0.25, 0.3) is 0 Å². The van der Waals surface area contributed by atoms with Crippen LogP contribution < -0.4 is 0 Å². The van der Waals surface area contributed by atoms with E-state index in [9.17, 15) is 9.90 Å². The average Bonchev–Trinajstić information content (AvgIpc) is 2.44. The number of carbonyl (C=O) groups is 1. The van der Waals surface area contributed by atoms with Gasteiger partial charge in [-0.2, -0.15) is 0 Å². The highest BCUT2D eigenvalue weighted by molar-refractivity contribution is 5.71. The number of cyclic esters (lactones) is 1. The molecule has 1 fully saturated rings. The molecule has 4 heteroatoms. The molecule has 0 amide bonds. The maximum absolute atomic E-state index is 11.4. The average molecular weight is 278 g/mol. The van der Waals surface area contributed by atoms with Crippen LogP contribution in [-0.2, 0) is 20.9 Å². The van der Waals surface area contributed by atoms with Crippen LogP contribution in [0, 0.1) is 11.8 Å². The summed E-state index contributed by atoms with van der Waals surface area (Å²) in [6.07, 6.45) is -0.797. The Labute approximate surface area is 119 Å². The first-order valence-corrected chi connectivity index (χ1v) is 7.07. The zero-order valence-corrected chi connectivity index (χ0v) is 12.0. The summed E-state index contributed by atoms with van der Waals surface area (Å²) in [4.78, 5) is 11.4. The maximum Gasteiger partial charge on any atom is 0.308 e. The second kappa shape index (κ2) is 6.86. The van der Waals surface area contributed by atoms with E-state index in [1.165, 1.54) is 0 Å². The molecule has 1 saturated heterocycles. The molecule has 2 rings (SSSR count). The van der Waals surface area contributed by atoms with Crippen molar-refractivity contribution in [3.63, 3.8) is 0 Å². The predicted octanol–water partition coefficient (Wildman–Crippen LogP) is 2.15. The SMILES string of the molecule is C[C@@H]1[C@H]([C@@H](C)COCc2ccccc2)OC(=O)C[C@H]1O. The third-order valence-electron chi connectivity index (χ3n) is 3.82. The molecule has 0 bridgehead atoms. The molecular weight excluding hydrogens is 256 g/mol. The van der Waals surface area contributed by atoms with Gasteiger partial charge in [-0.1, -0.05) is 44.2 Å². The van der Waals surface area contributed by atoms with Crippen molar-refractivity contribution in [1.29, 1.82) is 0 Å². The van der Waals surface area contributed by atoms with E-state index in [1.807, 2.05) is 44.2 Å². The van der Waals surface area contributed by atoms with Crippen molar-refractivity contribution in [1.82, 2.24) is 0 Å². The number of carbonyl (C=O) groups excluding carboxylic acids is 1. The van der Waals surface area contributed by atoms with Crippen molar-refractivity contribution in [3.05, 3.63) is 35.9 Å². The fraction of sp³-hybridized carbons (Fsp3) is 0.562. The maximum atomic E-state index is 11.4. The normalized spacial score (nSPS) is 27.9. The van der Waals surface area contributed by atoms with Crippen molar-refractivity contribution in [2.24, 2.45) is 11.8 Å². The minimum absolute atomic E-state index is 0.0528. The second-order valence-corrected chi connectivity index (χ2v) is 5.56. The van der Waals surface area contributed by atoms with Crippen LogP contribution in [0.1, 0.15) is 25.8 Å². The van der Waals surface area contributed by atoms with Gasteiger partial charge in [0, 0.05) is 11.8 Å². The highest BCUT2D eigenvalue weighted by Crippen LogP contribution is 2.27. The van der Waals surface area contributed by atoms with Gasteiger partial charge in [0.05, 0.1) is 25.7 Å². The highest BCUT2D eigenvalue weighted by Gasteiger charge is 2.37. The molecule has 1 aliphatic heterocycles. The number of aliphatic hydroxyl groups is 1. The molecule has 0 spiro atoms. The third kappa shape index (κ3) is 3.81. The van der Waals surface area contributed by atoms with Crippen LogP contribution in [0.3, 0.4) is 0 Å². The number of ether oxygens (including phenoxy) is 2. The number of hydrogen-bond donors (Lipinski definition) is 1. The Morgan fingerprint density at radius 2 is 2.10 bits per heavy atom. The van der Waals surface area contributed by atoms with Crippen molar-refractivity contribution < 1.29 is 19.4 Å². The number of hydrogen-bond acceptors (Lipinski definition) is 4. The summed E-state index contributed by atoms with van der Waals surface area (Å²) in [7, 11) is 0. The van der Waals surface area contributed by atoms with E-state index in [-0.39, 0.29) is 30.3 Å². The van der Waals surface area contributed by atoms with Crippen LogP contribution in [-0.4, -0.2) is 29.9 Å². The monoisotopic (exact) mass is 278 g/mol. The summed E-state index contributed by atoms with van der Waals surface area (Å²) in [6.45, 7) is 4.94. The summed E-state index contributed by atoms with van der Waals surface area (Å²) < 4.78 is 11.0. The summed E-state index contributed by atoms with van der Waals surface area (Å²) in [6, 6.07) is 9.94. The van der Waals surface area contributed by atoms with Gasteiger partial charge in [-0.25, -0.2) is 0 Å². The predicted molar refractivity (Wildman–Crippen MR) is 74.9 cm³/mol. The van der Waals surface area contributed by atoms with Crippen LogP contribution >= 0.6 is 0 Å². The van der Waals surface area contributed by atoms with Crippen LogP contribution in [0.2, 0.25) is 0 Å². The molecule has 1 N–H and O–H groups in total. The van der Waals surface area contributed by atoms with E-state index in [4.69, 9.17) is 9.47 Å². The Kier molecular flexibility index (Phi) is 5.15. The first-order chi connectivity index (χ1) is 9.58. The Bertz CT molecular complexity index is 431. The van der Waals surface area contributed by atoms with Crippen molar-refractivity contribution in [2.75, 3.05) is 6.61 Å². The summed E-state index contributed by atoms with van der Waals surface area (Å²) in [5.41, 5.74) is 1.12. The first-order valence-electron chi connectivity index (χ1n) is 7.07. The van der Waals surface area contributed by atoms with E-state index >= 15 is 0 Å². The van der Waals surface area contributed by atoms with Gasteiger partial charge in [0.15, 0.2) is 0 Å². The lowest BCUT2D eigenvalue weighted by atomic mass is 9.86. The summed E-state index contributed by atoms with van der Waals surface area (Å²) >= 11 is 0. The molecule has 1 aromatic rings. The van der Waals surface area contributed by atoms with Crippen LogP contribution in [0.5, 0.6) is 0 Å². The molecule has 0 unspecified atom stereocenters. The molecule has 20 heavy (non-hydrogen) atoms. The van der Waals surface area contributed by atoms with Gasteiger partial charge in [0.1, 0.15) is 6.10 Å². The van der Waals surface area contributed by atoms with E-state index in [0.717, 1.165) is 5.56 Å². The minimum Gasteiger partial charge on any atom is -0.462 e. The number of rotatable bonds is 5. The number of aliphatic hydroxyl groups excluding tert-OH is 1. The topological polar surface area (TPSA) is 55.8 Å². The van der Waals surface area contributed by atoms with Gasteiger partial charge in [-0.15, -0.1) is 0 Å². The van der Waals surface area contributed by atoms with Gasteiger partial charge in [-0.05, 0) is 5.56 Å². The standard InChI is InChI=1S/C16H22O4/c1-11(9-19-10-13-6-4-3-5-7-13)16-12(2)14(17)8-15(18)20-16/h3-7,11-12,14,16-17H,8-10H2,1-2H3/t11-,12-,14+,16-/m0/s1. The van der Waals surface area contributed by atoms with E-state index in [1.54, 1.807) is 0 Å². The molecule has 0 radical (unpaired) electrons. The highest BCUT2D eigenvalue weighted by atomic mass is 16.6. The molecule has 0 aliphatic carbocycles. The molecule has 1 aromatic carbocycles. The van der Waals surface area contributed by atoms with Crippen molar-refractivity contribution >= 4 is 5.97 Å². The van der Waals surface area contributed by atoms with E-state index in [2.05, 4.69) is 0 Å². The zero-order chi connectivity index (χ0) is 14.5. The molecule has 4 nitrogen and oxygen atoms in total. The van der Waals surface area contributed by atoms with Crippen molar-refractivity contribution in [2.45, 2.75) is 39.1 Å². The summed E-state index contributed by atoms with van der Waals surface area (Å²) in [5.74, 6) is -0.314. The molecule has 1 aliphatic rings. The number of benzene rings is 1. The van der Waals surface area contributed by atoms with E-state index < -0.39 is 6.10 Å². The lowest BCUT2D eigenvalue weighted by Gasteiger charge is -2.35. The first kappa shape index (κ1) is 15.0. The molecular formula is C16H22O4. The quantitative estimate of drug-likeness (QED) is 0.839. The van der Waals surface area contributed by atoms with Crippen LogP contribution in [0.25, 0.3) is 0 Å². The molecule has 110 valence electrons. The summed E-state index contributed by atoms with van der Waals surface area (Å²) in [5, 5.41) is 9.83. The van der Waals surface area contributed by atoms with Gasteiger partial charge in [-0.3, -0.25) is 4.79 Å². The Balaban J connectivity index is 1.82. The fourth-order valence-corrected chi connectivity index (χ4v) is 2.55. The van der Waals surface area contributed by atoms with Gasteiger partial charge < -0.3 is 14.6 Å². The lowest BCUT2D eigenvalue weighted by Crippen LogP contribution is -2.45. The lowest BCUT2D eigenvalue weighted by molar-refractivity contribution is -0.174. The Hall–Kier alpha value is -1.39. The largest absolute Gasteiger partial charge is 0.462 e. The third-order valence-corrected chi connectivity index (χ3v) is 3.82. The smallest absolute Gasteiger partial charge is 0.308 e. The van der Waals surface area contributed by atoms with Gasteiger partial charge >= 0.3 is 5.97 Å².